The molecule has 0 bridgehead atoms. The number of aromatic nitrogens is 4. The quantitative estimate of drug-likeness (QED) is 0.418. The molecule has 5 rings (SSSR count). The van der Waals surface area contributed by atoms with Crippen molar-refractivity contribution < 1.29 is 23.0 Å². The van der Waals surface area contributed by atoms with E-state index in [-0.39, 0.29) is 21.3 Å². The molecule has 3 heterocycles. The molecule has 2 aromatic heterocycles. The molecule has 0 N–H and O–H groups in total. The van der Waals surface area contributed by atoms with E-state index in [2.05, 4.69) is 15.2 Å². The van der Waals surface area contributed by atoms with Gasteiger partial charge in [0.15, 0.2) is 5.75 Å². The molecule has 166 valence electrons. The van der Waals surface area contributed by atoms with E-state index in [0.717, 1.165) is 5.39 Å². The van der Waals surface area contributed by atoms with Crippen LogP contribution in [0.5, 0.6) is 11.5 Å². The molecule has 1 aliphatic heterocycles. The van der Waals surface area contributed by atoms with Gasteiger partial charge >= 0.3 is 5.03 Å². The van der Waals surface area contributed by atoms with Gasteiger partial charge in [0.1, 0.15) is 21.8 Å². The Kier molecular flexibility index (Phi) is 5.16. The highest BCUT2D eigenvalue weighted by atomic mass is 32.3. The van der Waals surface area contributed by atoms with Gasteiger partial charge in [0.25, 0.3) is 0 Å². The first-order chi connectivity index (χ1) is 15.5. The molecule has 4 aromatic rings. The Labute approximate surface area is 185 Å². The number of fused-ring (bicyclic) bond motifs is 3. The number of nitrogens with zero attached hydrogens (tertiary/aromatic N) is 5. The standard InChI is InChI=1S/C21H21N5O5S/c1-29-14-7-8-17(30-2)18(13-14)32(27,28)21-20-22-19(25-9-11-31-12-10-25)15-5-3-4-6-16(15)26(20)24-23-21/h3-8,13H,9-12H2,1-2H3. The Morgan fingerprint density at radius 1 is 1.09 bits per heavy atom. The van der Waals surface area contributed by atoms with Gasteiger partial charge in [-0.05, 0) is 24.3 Å². The van der Waals surface area contributed by atoms with Crippen LogP contribution in [0.2, 0.25) is 0 Å². The van der Waals surface area contributed by atoms with Gasteiger partial charge in [-0.2, -0.15) is 4.52 Å². The van der Waals surface area contributed by atoms with Crippen molar-refractivity contribution in [2.24, 2.45) is 0 Å². The smallest absolute Gasteiger partial charge is 0.318 e. The third-order valence-corrected chi connectivity index (χ3v) is 7.10. The van der Waals surface area contributed by atoms with Crippen LogP contribution in [0.25, 0.3) is 16.6 Å². The van der Waals surface area contributed by atoms with E-state index in [1.54, 1.807) is 12.1 Å². The number of hydrogen-bond donors (Lipinski definition) is 0. The number of methoxy groups -OCH3 is 2. The van der Waals surface area contributed by atoms with Gasteiger partial charge in [-0.3, -0.25) is 0 Å². The lowest BCUT2D eigenvalue weighted by molar-refractivity contribution is 0.122. The van der Waals surface area contributed by atoms with Gasteiger partial charge in [0.05, 0.1) is 33.0 Å². The fraction of sp³-hybridized carbons (Fsp3) is 0.286. The zero-order valence-corrected chi connectivity index (χ0v) is 18.4. The maximum absolute atomic E-state index is 13.7. The van der Waals surface area contributed by atoms with Crippen molar-refractivity contribution in [2.45, 2.75) is 9.92 Å². The SMILES string of the molecule is COc1ccc(OC)c([S+](=O)([O-])c2nnn3c2nc(N2CCOCC2)c2ccccc23)c1. The number of rotatable bonds is 5. The fourth-order valence-electron chi connectivity index (χ4n) is 3.82. The summed E-state index contributed by atoms with van der Waals surface area (Å²) in [6, 6.07) is 12.2. The average molecular weight is 455 g/mol. The predicted octanol–water partition coefficient (Wildman–Crippen LogP) is 2.18. The first kappa shape index (κ1) is 20.6. The second-order valence-corrected chi connectivity index (χ2v) is 9.04. The fourth-order valence-corrected chi connectivity index (χ4v) is 5.23. The summed E-state index contributed by atoms with van der Waals surface area (Å²) in [5.41, 5.74) is 0.862. The lowest BCUT2D eigenvalue weighted by Gasteiger charge is -2.28. The van der Waals surface area contributed by atoms with Crippen LogP contribution in [-0.4, -0.2) is 64.9 Å². The molecule has 0 aliphatic carbocycles. The largest absolute Gasteiger partial charge is 0.604 e. The topological polar surface area (TPSA) is 114 Å². The van der Waals surface area contributed by atoms with Crippen LogP contribution in [0.4, 0.5) is 5.82 Å². The lowest BCUT2D eigenvalue weighted by Crippen LogP contribution is -2.37. The number of sulfone groups is 1. The predicted molar refractivity (Wildman–Crippen MR) is 116 cm³/mol. The molecule has 1 saturated heterocycles. The molecular formula is C21H21N5O5S. The Bertz CT molecular complexity index is 1350. The van der Waals surface area contributed by atoms with Crippen LogP contribution in [-0.2, 0) is 19.2 Å². The van der Waals surface area contributed by atoms with Crippen LogP contribution in [0.1, 0.15) is 0 Å². The Hall–Kier alpha value is -3.28. The minimum absolute atomic E-state index is 0.0652. The third-order valence-electron chi connectivity index (χ3n) is 5.43. The Morgan fingerprint density at radius 3 is 2.62 bits per heavy atom. The maximum Gasteiger partial charge on any atom is 0.318 e. The first-order valence-electron chi connectivity index (χ1n) is 9.98. The van der Waals surface area contributed by atoms with Gasteiger partial charge in [0.2, 0.25) is 10.5 Å². The lowest BCUT2D eigenvalue weighted by atomic mass is 10.2. The highest BCUT2D eigenvalue weighted by Gasteiger charge is 2.36. The summed E-state index contributed by atoms with van der Waals surface area (Å²) < 4.78 is 44.7. The molecule has 0 spiro atoms. The molecule has 2 aromatic carbocycles. The molecule has 1 atom stereocenters. The second kappa shape index (κ2) is 8.01. The van der Waals surface area contributed by atoms with Gasteiger partial charge < -0.3 is 23.7 Å². The summed E-state index contributed by atoms with van der Waals surface area (Å²) in [6.07, 6.45) is 0. The van der Waals surface area contributed by atoms with Crippen molar-refractivity contribution in [2.75, 3.05) is 45.4 Å². The van der Waals surface area contributed by atoms with Crippen molar-refractivity contribution in [1.82, 2.24) is 19.8 Å². The first-order valence-corrected chi connectivity index (χ1v) is 11.5. The molecule has 1 fully saturated rings. The second-order valence-electron chi connectivity index (χ2n) is 7.20. The van der Waals surface area contributed by atoms with Crippen LogP contribution in [0.15, 0.2) is 52.4 Å². The van der Waals surface area contributed by atoms with E-state index >= 15 is 0 Å². The highest BCUT2D eigenvalue weighted by Crippen LogP contribution is 2.37. The minimum Gasteiger partial charge on any atom is -0.604 e. The molecule has 0 radical (unpaired) electrons. The monoisotopic (exact) mass is 455 g/mol. The van der Waals surface area contributed by atoms with Gasteiger partial charge in [-0.1, -0.05) is 26.7 Å². The Morgan fingerprint density at radius 2 is 1.88 bits per heavy atom. The van der Waals surface area contributed by atoms with Crippen molar-refractivity contribution in [3.8, 4) is 11.5 Å². The summed E-state index contributed by atoms with van der Waals surface area (Å²) in [5.74, 6) is 1.24. The van der Waals surface area contributed by atoms with Crippen molar-refractivity contribution in [1.29, 1.82) is 0 Å². The number of benzene rings is 2. The third kappa shape index (κ3) is 3.25. The molecule has 0 saturated carbocycles. The van der Waals surface area contributed by atoms with E-state index in [1.165, 1.54) is 24.8 Å². The van der Waals surface area contributed by atoms with Gasteiger partial charge in [0, 0.05) is 24.5 Å². The molecule has 10 nitrogen and oxygen atoms in total. The van der Waals surface area contributed by atoms with E-state index in [1.807, 2.05) is 24.3 Å². The molecule has 11 heteroatoms. The molecule has 32 heavy (non-hydrogen) atoms. The van der Waals surface area contributed by atoms with Crippen molar-refractivity contribution >= 4 is 32.6 Å². The molecule has 1 aliphatic rings. The summed E-state index contributed by atoms with van der Waals surface area (Å²) >= 11 is 0. The maximum atomic E-state index is 13.7. The van der Waals surface area contributed by atoms with Crippen LogP contribution < -0.4 is 14.4 Å². The summed E-state index contributed by atoms with van der Waals surface area (Å²) in [6.45, 7) is 2.46. The van der Waals surface area contributed by atoms with E-state index in [9.17, 15) is 8.76 Å². The van der Waals surface area contributed by atoms with Crippen LogP contribution >= 0.6 is 0 Å². The highest BCUT2D eigenvalue weighted by molar-refractivity contribution is 7.98. The number of morpholine rings is 1. The molecule has 1 unspecified atom stereocenters. The van der Waals surface area contributed by atoms with Gasteiger partial charge in [-0.25, -0.2) is 4.98 Å². The summed E-state index contributed by atoms with van der Waals surface area (Å²) in [7, 11) is -1.24. The molecular weight excluding hydrogens is 434 g/mol. The van der Waals surface area contributed by atoms with E-state index < -0.39 is 10.2 Å². The van der Waals surface area contributed by atoms with E-state index in [4.69, 9.17) is 19.2 Å². The number of hydrogen-bond acceptors (Lipinski definition) is 9. The van der Waals surface area contributed by atoms with Crippen LogP contribution in [0.3, 0.4) is 0 Å². The van der Waals surface area contributed by atoms with Crippen molar-refractivity contribution in [3.05, 3.63) is 42.5 Å². The minimum atomic E-state index is -4.12. The normalized spacial score (nSPS) is 16.3. The van der Waals surface area contributed by atoms with Crippen molar-refractivity contribution in [3.63, 3.8) is 0 Å². The number of ether oxygens (including phenoxy) is 3. The van der Waals surface area contributed by atoms with E-state index in [0.29, 0.717) is 43.4 Å². The number of anilines is 1. The average Bonchev–Trinajstić information content (AvgIpc) is 3.29. The zero-order valence-electron chi connectivity index (χ0n) is 17.6. The summed E-state index contributed by atoms with van der Waals surface area (Å²) in [4.78, 5) is 6.75. The Balaban J connectivity index is 1.76. The van der Waals surface area contributed by atoms with Gasteiger partial charge in [-0.15, -0.1) is 0 Å². The molecule has 0 amide bonds. The summed E-state index contributed by atoms with van der Waals surface area (Å²) in [5, 5.41) is 8.78. The zero-order chi connectivity index (χ0) is 22.3. The van der Waals surface area contributed by atoms with Crippen LogP contribution in [0, 0.1) is 0 Å². The number of para-hydroxylation sites is 1.